The zero-order chi connectivity index (χ0) is 14.9. The lowest BCUT2D eigenvalue weighted by atomic mass is 10.1. The van der Waals surface area contributed by atoms with E-state index in [1.165, 1.54) is 0 Å². The standard InChI is InChI=1S/C16H18N2O3/c17-8-7-13-3-5-14(6-4-13)18-10-15(19)11-20-12-16-2-1-9-21-16/h1-6,9,15,18-19H,7,10-12H2. The van der Waals surface area contributed by atoms with E-state index in [1.807, 2.05) is 30.3 Å². The van der Waals surface area contributed by atoms with Crippen molar-refractivity contribution in [3.05, 3.63) is 54.0 Å². The summed E-state index contributed by atoms with van der Waals surface area (Å²) in [6.07, 6.45) is 1.40. The van der Waals surface area contributed by atoms with Gasteiger partial charge < -0.3 is 19.6 Å². The maximum atomic E-state index is 9.82. The average Bonchev–Trinajstić information content (AvgIpc) is 3.00. The first-order chi connectivity index (χ1) is 10.3. The molecule has 0 amide bonds. The van der Waals surface area contributed by atoms with Crippen LogP contribution in [0.15, 0.2) is 47.1 Å². The van der Waals surface area contributed by atoms with Gasteiger partial charge in [0.2, 0.25) is 0 Å². The van der Waals surface area contributed by atoms with Crippen molar-refractivity contribution in [3.63, 3.8) is 0 Å². The lowest BCUT2D eigenvalue weighted by Gasteiger charge is -2.13. The van der Waals surface area contributed by atoms with Crippen LogP contribution in [0.25, 0.3) is 0 Å². The van der Waals surface area contributed by atoms with Crippen molar-refractivity contribution < 1.29 is 14.3 Å². The van der Waals surface area contributed by atoms with Crippen LogP contribution in [0, 0.1) is 11.3 Å². The Labute approximate surface area is 123 Å². The molecule has 21 heavy (non-hydrogen) atoms. The molecule has 0 saturated carbocycles. The van der Waals surface area contributed by atoms with Crippen molar-refractivity contribution in [1.29, 1.82) is 5.26 Å². The summed E-state index contributed by atoms with van der Waals surface area (Å²) in [4.78, 5) is 0. The number of aliphatic hydroxyl groups excluding tert-OH is 1. The molecule has 1 aromatic heterocycles. The van der Waals surface area contributed by atoms with Gasteiger partial charge in [-0.2, -0.15) is 5.26 Å². The summed E-state index contributed by atoms with van der Waals surface area (Å²) in [5.74, 6) is 0.739. The summed E-state index contributed by atoms with van der Waals surface area (Å²) in [7, 11) is 0. The van der Waals surface area contributed by atoms with E-state index >= 15 is 0 Å². The Bertz CT molecular complexity index is 558. The Morgan fingerprint density at radius 2 is 2.10 bits per heavy atom. The Balaban J connectivity index is 1.66. The molecule has 0 aliphatic heterocycles. The molecule has 1 atom stereocenters. The van der Waals surface area contributed by atoms with Gasteiger partial charge in [-0.05, 0) is 29.8 Å². The first-order valence-electron chi connectivity index (χ1n) is 6.76. The Kier molecular flexibility index (Phi) is 5.83. The van der Waals surface area contributed by atoms with Crippen LogP contribution in [0.3, 0.4) is 0 Å². The molecule has 1 aromatic carbocycles. The predicted molar refractivity (Wildman–Crippen MR) is 78.6 cm³/mol. The van der Waals surface area contributed by atoms with Gasteiger partial charge in [0.25, 0.3) is 0 Å². The topological polar surface area (TPSA) is 78.4 Å². The van der Waals surface area contributed by atoms with Crippen LogP contribution in [-0.4, -0.2) is 24.4 Å². The minimum Gasteiger partial charge on any atom is -0.467 e. The van der Waals surface area contributed by atoms with E-state index in [-0.39, 0.29) is 6.61 Å². The summed E-state index contributed by atoms with van der Waals surface area (Å²) in [6, 6.07) is 13.3. The van der Waals surface area contributed by atoms with Crippen LogP contribution in [0.2, 0.25) is 0 Å². The largest absolute Gasteiger partial charge is 0.467 e. The number of ether oxygens (including phenoxy) is 1. The molecule has 0 fully saturated rings. The van der Waals surface area contributed by atoms with Crippen molar-refractivity contribution in [2.45, 2.75) is 19.1 Å². The van der Waals surface area contributed by atoms with Gasteiger partial charge in [0.05, 0.1) is 31.5 Å². The number of aliphatic hydroxyl groups is 1. The van der Waals surface area contributed by atoms with Gasteiger partial charge in [-0.25, -0.2) is 0 Å². The van der Waals surface area contributed by atoms with E-state index in [0.717, 1.165) is 17.0 Å². The number of anilines is 1. The molecule has 2 N–H and O–H groups in total. The maximum Gasteiger partial charge on any atom is 0.129 e. The van der Waals surface area contributed by atoms with Gasteiger partial charge in [0.15, 0.2) is 0 Å². The number of hydrogen-bond acceptors (Lipinski definition) is 5. The molecule has 0 bridgehead atoms. The van der Waals surface area contributed by atoms with E-state index in [1.54, 1.807) is 12.3 Å². The molecular weight excluding hydrogens is 268 g/mol. The summed E-state index contributed by atoms with van der Waals surface area (Å²) in [6.45, 7) is 0.989. The van der Waals surface area contributed by atoms with Crippen LogP contribution in [0.4, 0.5) is 5.69 Å². The van der Waals surface area contributed by atoms with Crippen LogP contribution >= 0.6 is 0 Å². The van der Waals surface area contributed by atoms with Gasteiger partial charge >= 0.3 is 0 Å². The molecule has 1 unspecified atom stereocenters. The third kappa shape index (κ3) is 5.30. The molecule has 0 aliphatic carbocycles. The van der Waals surface area contributed by atoms with Crippen molar-refractivity contribution in [1.82, 2.24) is 0 Å². The average molecular weight is 286 g/mol. The number of nitrogens with one attached hydrogen (secondary N) is 1. The van der Waals surface area contributed by atoms with Crippen LogP contribution in [0.5, 0.6) is 0 Å². The third-order valence-corrected chi connectivity index (χ3v) is 2.91. The number of hydrogen-bond donors (Lipinski definition) is 2. The fraction of sp³-hybridized carbons (Fsp3) is 0.312. The van der Waals surface area contributed by atoms with E-state index in [4.69, 9.17) is 14.4 Å². The van der Waals surface area contributed by atoms with E-state index in [2.05, 4.69) is 11.4 Å². The summed E-state index contributed by atoms with van der Waals surface area (Å²) < 4.78 is 10.5. The molecule has 1 heterocycles. The fourth-order valence-corrected chi connectivity index (χ4v) is 1.82. The molecule has 0 spiro atoms. The molecule has 5 nitrogen and oxygen atoms in total. The van der Waals surface area contributed by atoms with Crippen molar-refractivity contribution in [2.24, 2.45) is 0 Å². The highest BCUT2D eigenvalue weighted by molar-refractivity contribution is 5.45. The first kappa shape index (κ1) is 15.1. The lowest BCUT2D eigenvalue weighted by Crippen LogP contribution is -2.24. The van der Waals surface area contributed by atoms with E-state index in [0.29, 0.717) is 19.6 Å². The second-order valence-corrected chi connectivity index (χ2v) is 4.66. The zero-order valence-electron chi connectivity index (χ0n) is 11.7. The molecule has 0 radical (unpaired) electrons. The highest BCUT2D eigenvalue weighted by atomic mass is 16.5. The summed E-state index contributed by atoms with van der Waals surface area (Å²) in [5, 5.41) is 21.5. The molecule has 0 saturated heterocycles. The van der Waals surface area contributed by atoms with E-state index in [9.17, 15) is 5.11 Å². The Hall–Kier alpha value is -2.29. The number of furan rings is 1. The second-order valence-electron chi connectivity index (χ2n) is 4.66. The van der Waals surface area contributed by atoms with Crippen molar-refractivity contribution in [2.75, 3.05) is 18.5 Å². The summed E-state index contributed by atoms with van der Waals surface area (Å²) in [5.41, 5.74) is 1.88. The number of benzene rings is 1. The minimum atomic E-state index is -0.598. The SMILES string of the molecule is N#CCc1ccc(NCC(O)COCc2ccco2)cc1. The Morgan fingerprint density at radius 1 is 1.29 bits per heavy atom. The van der Waals surface area contributed by atoms with E-state index < -0.39 is 6.10 Å². The molecule has 2 rings (SSSR count). The third-order valence-electron chi connectivity index (χ3n) is 2.91. The molecule has 110 valence electrons. The predicted octanol–water partition coefficient (Wildman–Crippen LogP) is 2.34. The second kappa shape index (κ2) is 8.10. The normalized spacial score (nSPS) is 11.8. The van der Waals surface area contributed by atoms with Gasteiger partial charge in [0, 0.05) is 12.2 Å². The lowest BCUT2D eigenvalue weighted by molar-refractivity contribution is 0.0282. The van der Waals surface area contributed by atoms with Gasteiger partial charge in [0.1, 0.15) is 12.4 Å². The zero-order valence-corrected chi connectivity index (χ0v) is 11.7. The van der Waals surface area contributed by atoms with Gasteiger partial charge in [-0.15, -0.1) is 0 Å². The minimum absolute atomic E-state index is 0.236. The van der Waals surface area contributed by atoms with Gasteiger partial charge in [-0.3, -0.25) is 0 Å². The highest BCUT2D eigenvalue weighted by Crippen LogP contribution is 2.10. The number of nitriles is 1. The maximum absolute atomic E-state index is 9.82. The highest BCUT2D eigenvalue weighted by Gasteiger charge is 2.05. The number of nitrogens with zero attached hydrogens (tertiary/aromatic N) is 1. The molecular formula is C16H18N2O3. The smallest absolute Gasteiger partial charge is 0.129 e. The first-order valence-corrected chi connectivity index (χ1v) is 6.76. The van der Waals surface area contributed by atoms with Crippen LogP contribution < -0.4 is 5.32 Å². The Morgan fingerprint density at radius 3 is 2.76 bits per heavy atom. The van der Waals surface area contributed by atoms with Crippen molar-refractivity contribution in [3.8, 4) is 6.07 Å². The molecule has 0 aliphatic rings. The molecule has 2 aromatic rings. The quantitative estimate of drug-likeness (QED) is 0.778. The van der Waals surface area contributed by atoms with Crippen LogP contribution in [0.1, 0.15) is 11.3 Å². The fourth-order valence-electron chi connectivity index (χ4n) is 1.82. The monoisotopic (exact) mass is 286 g/mol. The molecule has 5 heteroatoms. The summed E-state index contributed by atoms with van der Waals surface area (Å²) >= 11 is 0. The number of rotatable bonds is 8. The van der Waals surface area contributed by atoms with Crippen molar-refractivity contribution >= 4 is 5.69 Å². The van der Waals surface area contributed by atoms with Crippen LogP contribution in [-0.2, 0) is 17.8 Å². The van der Waals surface area contributed by atoms with Gasteiger partial charge in [-0.1, -0.05) is 12.1 Å².